The Kier molecular flexibility index (Phi) is 214. The zero-order valence-corrected chi connectivity index (χ0v) is 6.82. The molecule has 0 nitrogen and oxygen atoms in total. The van der Waals surface area contributed by atoms with Crippen LogP contribution in [0.4, 0.5) is 0 Å². The SMILES string of the molecule is [Co].[GaH3].[H-].[Li+].[Sc].[Ti]. The van der Waals surface area contributed by atoms with E-state index in [2.05, 4.69) is 0 Å². The monoisotopic (exact) mass is 232 g/mol. The molecule has 0 heterocycles. The summed E-state index contributed by atoms with van der Waals surface area (Å²) in [5.74, 6) is 0. The van der Waals surface area contributed by atoms with Crippen LogP contribution in [0.15, 0.2) is 0 Å². The second kappa shape index (κ2) is 26.5. The van der Waals surface area contributed by atoms with Crippen LogP contribution in [0.5, 0.6) is 0 Å². The van der Waals surface area contributed by atoms with Gasteiger partial charge in [0, 0.05) is 64.3 Å². The van der Waals surface area contributed by atoms with Crippen molar-refractivity contribution in [3.8, 4) is 0 Å². The maximum Gasteiger partial charge on any atom is 1.00 e. The van der Waals surface area contributed by atoms with E-state index in [0.29, 0.717) is 0 Å². The fourth-order valence-corrected chi connectivity index (χ4v) is 0. The van der Waals surface area contributed by atoms with E-state index >= 15 is 0 Å². The fourth-order valence-electron chi connectivity index (χ4n) is 0. The van der Waals surface area contributed by atoms with Crippen LogP contribution in [-0.4, -0.2) is 19.8 Å². The van der Waals surface area contributed by atoms with E-state index in [-0.39, 0.29) is 104 Å². The van der Waals surface area contributed by atoms with Crippen molar-refractivity contribution in [2.75, 3.05) is 0 Å². The number of hydrogen-bond acceptors (Lipinski definition) is 0. The molecular weight excluding hydrogens is 228 g/mol. The van der Waals surface area contributed by atoms with Gasteiger partial charge in [0.2, 0.25) is 0 Å². The van der Waals surface area contributed by atoms with Crippen molar-refractivity contribution in [1.82, 2.24) is 0 Å². The zero-order chi connectivity index (χ0) is 0. The molecule has 0 bridgehead atoms. The molecule has 2 radical (unpaired) electrons. The summed E-state index contributed by atoms with van der Waals surface area (Å²) in [4.78, 5) is 0. The van der Waals surface area contributed by atoms with Gasteiger partial charge in [-0.05, 0) is 0 Å². The maximum absolute atomic E-state index is 0. The smallest absolute Gasteiger partial charge is 1.00 e. The third kappa shape index (κ3) is 18.8. The van der Waals surface area contributed by atoms with Gasteiger partial charge in [-0.3, -0.25) is 0 Å². The molecule has 24 valence electrons. The molecular formula is H4CoGaLiScTi. The first-order valence-corrected chi connectivity index (χ1v) is 0. The molecule has 0 fully saturated rings. The van der Waals surface area contributed by atoms with Crippen LogP contribution >= 0.6 is 0 Å². The number of rotatable bonds is 0. The summed E-state index contributed by atoms with van der Waals surface area (Å²) in [5, 5.41) is 0. The maximum atomic E-state index is 0. The minimum Gasteiger partial charge on any atom is -1.00 e. The first kappa shape index (κ1) is 40.4. The van der Waals surface area contributed by atoms with E-state index in [1.807, 2.05) is 0 Å². The number of hydrogen-bond donors (Lipinski definition) is 0. The molecule has 0 saturated carbocycles. The second-order valence-electron chi connectivity index (χ2n) is 0. The largest absolute Gasteiger partial charge is 1.00 e. The van der Waals surface area contributed by atoms with Crippen LogP contribution in [0.2, 0.25) is 0 Å². The average molecular weight is 232 g/mol. The van der Waals surface area contributed by atoms with Gasteiger partial charge in [-0.15, -0.1) is 0 Å². The van der Waals surface area contributed by atoms with Crippen molar-refractivity contribution in [1.29, 1.82) is 0 Å². The van der Waals surface area contributed by atoms with Gasteiger partial charge in [-0.2, -0.15) is 0 Å². The van der Waals surface area contributed by atoms with Crippen molar-refractivity contribution in [2.45, 2.75) is 0 Å². The molecule has 0 amide bonds. The van der Waals surface area contributed by atoms with E-state index in [9.17, 15) is 0 Å². The third-order valence-corrected chi connectivity index (χ3v) is 0. The Bertz CT molecular complexity index is 15.5. The summed E-state index contributed by atoms with van der Waals surface area (Å²) >= 11 is 0. The van der Waals surface area contributed by atoms with E-state index in [0.717, 1.165) is 0 Å². The Morgan fingerprint density at radius 1 is 1.20 bits per heavy atom. The van der Waals surface area contributed by atoms with Crippen LogP contribution in [0.3, 0.4) is 0 Å². The zero-order valence-electron chi connectivity index (χ0n) is 3.41. The minimum atomic E-state index is 0. The van der Waals surface area contributed by atoms with E-state index in [4.69, 9.17) is 0 Å². The van der Waals surface area contributed by atoms with Gasteiger partial charge in [0.25, 0.3) is 0 Å². The Balaban J connectivity index is 0. The first-order chi connectivity index (χ1) is 0. The molecule has 5 heavy (non-hydrogen) atoms. The van der Waals surface area contributed by atoms with Crippen LogP contribution in [0.1, 0.15) is 1.43 Å². The van der Waals surface area contributed by atoms with Gasteiger partial charge < -0.3 is 1.43 Å². The molecule has 0 aliphatic carbocycles. The summed E-state index contributed by atoms with van der Waals surface area (Å²) < 4.78 is 0. The molecule has 0 unspecified atom stereocenters. The summed E-state index contributed by atoms with van der Waals surface area (Å²) in [6.45, 7) is 0. The van der Waals surface area contributed by atoms with Crippen LogP contribution in [0, 0.1) is 0 Å². The quantitative estimate of drug-likeness (QED) is 0.373. The third-order valence-electron chi connectivity index (χ3n) is 0. The molecule has 0 aromatic heterocycles. The van der Waals surface area contributed by atoms with Gasteiger partial charge >= 0.3 is 38.7 Å². The second-order valence-corrected chi connectivity index (χ2v) is 0. The Labute approximate surface area is 103 Å². The van der Waals surface area contributed by atoms with E-state index < -0.39 is 0 Å². The molecule has 0 aliphatic rings. The summed E-state index contributed by atoms with van der Waals surface area (Å²) in [5.41, 5.74) is 0. The molecule has 0 aromatic carbocycles. The molecule has 0 spiro atoms. The molecule has 0 rings (SSSR count). The molecule has 5 heteroatoms. The van der Waals surface area contributed by atoms with Crippen molar-refractivity contribution in [3.63, 3.8) is 0 Å². The summed E-state index contributed by atoms with van der Waals surface area (Å²) in [7, 11) is 0. The van der Waals surface area contributed by atoms with Gasteiger partial charge in [-0.1, -0.05) is 0 Å². The molecule has 0 saturated heterocycles. The van der Waals surface area contributed by atoms with Gasteiger partial charge in [0.15, 0.2) is 0 Å². The van der Waals surface area contributed by atoms with Crippen LogP contribution in [-0.2, 0) is 64.3 Å². The topological polar surface area (TPSA) is 0 Å². The van der Waals surface area contributed by atoms with Crippen molar-refractivity contribution >= 4 is 19.8 Å². The summed E-state index contributed by atoms with van der Waals surface area (Å²) in [6.07, 6.45) is 0. The Morgan fingerprint density at radius 2 is 1.20 bits per heavy atom. The molecule has 0 N–H and O–H groups in total. The van der Waals surface area contributed by atoms with Crippen molar-refractivity contribution < 1.29 is 84.6 Å². The van der Waals surface area contributed by atoms with Crippen LogP contribution in [0.25, 0.3) is 0 Å². The molecule has 0 atom stereocenters. The first-order valence-electron chi connectivity index (χ1n) is 0. The summed E-state index contributed by atoms with van der Waals surface area (Å²) in [6, 6.07) is 0. The predicted molar refractivity (Wildman–Crippen MR) is 11.1 cm³/mol. The van der Waals surface area contributed by atoms with E-state index in [1.54, 1.807) is 0 Å². The standard InChI is InChI=1S/Co.Ga.Li.Sc.Ti.4H/q;;+1;;;;;;-1. The van der Waals surface area contributed by atoms with Gasteiger partial charge in [0.1, 0.15) is 0 Å². The Morgan fingerprint density at radius 3 is 1.20 bits per heavy atom. The molecule has 0 aromatic rings. The Hall–Kier alpha value is 3.32. The predicted octanol–water partition coefficient (Wildman–Crippen LogP) is -4.07. The average Bonchev–Trinajstić information content (AvgIpc) is 0. The van der Waals surface area contributed by atoms with Crippen molar-refractivity contribution in [2.24, 2.45) is 0 Å². The minimum absolute atomic E-state index is 0. The molecule has 0 aliphatic heterocycles. The van der Waals surface area contributed by atoms with E-state index in [1.165, 1.54) is 0 Å². The normalized spacial score (nSPS) is 0. The fraction of sp³-hybridized carbons (Fsp3) is 0. The van der Waals surface area contributed by atoms with Crippen LogP contribution < -0.4 is 18.9 Å². The van der Waals surface area contributed by atoms with Gasteiger partial charge in [-0.25, -0.2) is 0 Å². The van der Waals surface area contributed by atoms with Crippen molar-refractivity contribution in [3.05, 3.63) is 0 Å². The van der Waals surface area contributed by atoms with Gasteiger partial charge in [0.05, 0.1) is 0 Å².